The van der Waals surface area contributed by atoms with Crippen LogP contribution in [-0.2, 0) is 14.3 Å². The van der Waals surface area contributed by atoms with Crippen molar-refractivity contribution in [3.05, 3.63) is 0 Å². The molecular weight excluding hydrogens is 236 g/mol. The van der Waals surface area contributed by atoms with E-state index in [1.54, 1.807) is 0 Å². The van der Waals surface area contributed by atoms with Crippen molar-refractivity contribution < 1.29 is 24.5 Å². The summed E-state index contributed by atoms with van der Waals surface area (Å²) in [6.45, 7) is 3.76. The zero-order valence-corrected chi connectivity index (χ0v) is 10.9. The highest BCUT2D eigenvalue weighted by Crippen LogP contribution is 2.61. The Morgan fingerprint density at radius 2 is 1.72 bits per heavy atom. The average Bonchev–Trinajstić information content (AvgIpc) is 2.56. The van der Waals surface area contributed by atoms with Crippen LogP contribution in [0, 0.1) is 5.41 Å². The van der Waals surface area contributed by atoms with Gasteiger partial charge in [0.15, 0.2) is 5.60 Å². The largest absolute Gasteiger partial charge is 0.481 e. The molecule has 1 heterocycles. The molecule has 2 aliphatic rings. The van der Waals surface area contributed by atoms with Gasteiger partial charge in [-0.15, -0.1) is 0 Å². The third-order valence-corrected chi connectivity index (χ3v) is 4.98. The predicted octanol–water partition coefficient (Wildman–Crippen LogP) is 2.04. The maximum absolute atomic E-state index is 11.8. The predicted molar refractivity (Wildman–Crippen MR) is 63.3 cm³/mol. The minimum atomic E-state index is -1.29. The minimum Gasteiger partial charge on any atom is -0.481 e. The number of hydrogen-bond donors (Lipinski definition) is 2. The summed E-state index contributed by atoms with van der Waals surface area (Å²) < 4.78 is 5.90. The summed E-state index contributed by atoms with van der Waals surface area (Å²) in [5.74, 6) is -1.93. The van der Waals surface area contributed by atoms with Crippen LogP contribution in [-0.4, -0.2) is 33.4 Å². The molecule has 1 aliphatic carbocycles. The molecule has 0 unspecified atom stereocenters. The van der Waals surface area contributed by atoms with Crippen LogP contribution in [0.15, 0.2) is 0 Å². The maximum atomic E-state index is 11.8. The molecule has 0 radical (unpaired) electrons. The van der Waals surface area contributed by atoms with Crippen molar-refractivity contribution >= 4 is 11.9 Å². The third-order valence-electron chi connectivity index (χ3n) is 4.98. The van der Waals surface area contributed by atoms with Gasteiger partial charge in [-0.3, -0.25) is 4.79 Å². The molecule has 0 aromatic heterocycles. The highest BCUT2D eigenvalue weighted by atomic mass is 16.6. The molecular formula is C13H20O5. The highest BCUT2D eigenvalue weighted by molar-refractivity contribution is 5.84. The van der Waals surface area contributed by atoms with Gasteiger partial charge in [0.25, 0.3) is 0 Å². The lowest BCUT2D eigenvalue weighted by Crippen LogP contribution is -2.49. The van der Waals surface area contributed by atoms with Gasteiger partial charge in [0, 0.05) is 6.42 Å². The summed E-state index contributed by atoms with van der Waals surface area (Å²) in [6, 6.07) is 0. The van der Waals surface area contributed by atoms with E-state index in [1.807, 2.05) is 13.8 Å². The van der Waals surface area contributed by atoms with E-state index in [0.29, 0.717) is 32.1 Å². The quantitative estimate of drug-likeness (QED) is 0.804. The van der Waals surface area contributed by atoms with E-state index in [2.05, 4.69) is 0 Å². The number of fused-ring (bicyclic) bond motifs is 2. The van der Waals surface area contributed by atoms with Crippen LogP contribution in [0.4, 0.5) is 0 Å². The van der Waals surface area contributed by atoms with E-state index < -0.39 is 28.6 Å². The fraction of sp³-hybridized carbons (Fsp3) is 0.846. The Balaban J connectivity index is 2.55. The van der Waals surface area contributed by atoms with Crippen molar-refractivity contribution in [2.24, 2.45) is 5.41 Å². The SMILES string of the molecule is CCC1(CC)O[C@]2(C(=O)O)CCC[C@@]1(C(=O)O)C2. The molecule has 0 aromatic rings. The molecule has 0 spiro atoms. The van der Waals surface area contributed by atoms with E-state index in [9.17, 15) is 19.8 Å². The second kappa shape index (κ2) is 3.95. The van der Waals surface area contributed by atoms with E-state index in [1.165, 1.54) is 0 Å². The molecule has 1 saturated carbocycles. The van der Waals surface area contributed by atoms with E-state index in [0.717, 1.165) is 0 Å². The first-order chi connectivity index (χ1) is 8.38. The summed E-state index contributed by atoms with van der Waals surface area (Å²) in [6.07, 6.45) is 2.69. The number of aliphatic carboxylic acids is 2. The van der Waals surface area contributed by atoms with Gasteiger partial charge in [-0.1, -0.05) is 13.8 Å². The Bertz CT molecular complexity index is 387. The van der Waals surface area contributed by atoms with Gasteiger partial charge in [0.1, 0.15) is 5.41 Å². The summed E-state index contributed by atoms with van der Waals surface area (Å²) in [5, 5.41) is 19.1. The van der Waals surface area contributed by atoms with Gasteiger partial charge in [-0.25, -0.2) is 4.79 Å². The van der Waals surface area contributed by atoms with Crippen molar-refractivity contribution in [2.75, 3.05) is 0 Å². The fourth-order valence-electron chi connectivity index (χ4n) is 3.96. The molecule has 5 heteroatoms. The molecule has 2 N–H and O–H groups in total. The Morgan fingerprint density at radius 1 is 1.11 bits per heavy atom. The lowest BCUT2D eigenvalue weighted by Gasteiger charge is -2.40. The summed E-state index contributed by atoms with van der Waals surface area (Å²) >= 11 is 0. The molecule has 18 heavy (non-hydrogen) atoms. The molecule has 1 saturated heterocycles. The topological polar surface area (TPSA) is 83.8 Å². The van der Waals surface area contributed by atoms with Crippen molar-refractivity contribution in [3.63, 3.8) is 0 Å². The second-order valence-electron chi connectivity index (χ2n) is 5.52. The van der Waals surface area contributed by atoms with E-state index in [4.69, 9.17) is 4.74 Å². The Hall–Kier alpha value is -1.10. The van der Waals surface area contributed by atoms with Gasteiger partial charge < -0.3 is 14.9 Å². The molecule has 0 aromatic carbocycles. The molecule has 0 amide bonds. The first-order valence-electron chi connectivity index (χ1n) is 6.55. The van der Waals surface area contributed by atoms with Crippen LogP contribution >= 0.6 is 0 Å². The monoisotopic (exact) mass is 256 g/mol. The maximum Gasteiger partial charge on any atom is 0.336 e. The van der Waals surface area contributed by atoms with Crippen LogP contribution in [0.25, 0.3) is 0 Å². The van der Waals surface area contributed by atoms with Crippen LogP contribution in [0.3, 0.4) is 0 Å². The summed E-state index contributed by atoms with van der Waals surface area (Å²) in [4.78, 5) is 23.3. The molecule has 2 bridgehead atoms. The van der Waals surface area contributed by atoms with Gasteiger partial charge >= 0.3 is 11.9 Å². The Morgan fingerprint density at radius 3 is 2.17 bits per heavy atom. The second-order valence-corrected chi connectivity index (χ2v) is 5.52. The number of carboxylic acid groups (broad SMARTS) is 2. The summed E-state index contributed by atoms with van der Waals surface area (Å²) in [7, 11) is 0. The lowest BCUT2D eigenvalue weighted by atomic mass is 9.61. The number of carbonyl (C=O) groups is 2. The van der Waals surface area contributed by atoms with Crippen molar-refractivity contribution in [1.82, 2.24) is 0 Å². The minimum absolute atomic E-state index is 0.104. The van der Waals surface area contributed by atoms with Gasteiger partial charge in [-0.2, -0.15) is 0 Å². The molecule has 5 nitrogen and oxygen atoms in total. The van der Waals surface area contributed by atoms with Crippen LogP contribution in [0.2, 0.25) is 0 Å². The first kappa shape index (κ1) is 13.3. The van der Waals surface area contributed by atoms with Crippen LogP contribution in [0.5, 0.6) is 0 Å². The van der Waals surface area contributed by atoms with Crippen molar-refractivity contribution in [2.45, 2.75) is 63.6 Å². The molecule has 1 aliphatic heterocycles. The number of ether oxygens (including phenoxy) is 1. The molecule has 2 fully saturated rings. The van der Waals surface area contributed by atoms with Crippen molar-refractivity contribution in [1.29, 1.82) is 0 Å². The smallest absolute Gasteiger partial charge is 0.336 e. The normalized spacial score (nSPS) is 37.4. The number of carboxylic acids is 2. The zero-order valence-electron chi connectivity index (χ0n) is 10.9. The standard InChI is InChI=1S/C13H20O5/c1-3-13(4-2)11(9(14)15)6-5-7-12(8-11,18-13)10(16)17/h3-8H2,1-2H3,(H,14,15)(H,16,17)/t11-,12+/m0/s1. The number of rotatable bonds is 4. The van der Waals surface area contributed by atoms with Crippen LogP contribution in [0.1, 0.15) is 52.4 Å². The van der Waals surface area contributed by atoms with Crippen LogP contribution < -0.4 is 0 Å². The van der Waals surface area contributed by atoms with Gasteiger partial charge in [-0.05, 0) is 32.1 Å². The lowest BCUT2D eigenvalue weighted by molar-refractivity contribution is -0.181. The van der Waals surface area contributed by atoms with Gasteiger partial charge in [0.05, 0.1) is 5.60 Å². The van der Waals surface area contributed by atoms with Crippen molar-refractivity contribution in [3.8, 4) is 0 Å². The molecule has 2 rings (SSSR count). The average molecular weight is 256 g/mol. The molecule has 2 atom stereocenters. The number of hydrogen-bond acceptors (Lipinski definition) is 3. The van der Waals surface area contributed by atoms with E-state index in [-0.39, 0.29) is 6.42 Å². The van der Waals surface area contributed by atoms with E-state index >= 15 is 0 Å². The highest BCUT2D eigenvalue weighted by Gasteiger charge is 2.71. The first-order valence-corrected chi connectivity index (χ1v) is 6.55. The summed E-state index contributed by atoms with van der Waals surface area (Å²) in [5.41, 5.74) is -3.16. The zero-order chi connectivity index (χ0) is 13.6. The van der Waals surface area contributed by atoms with Gasteiger partial charge in [0.2, 0.25) is 0 Å². The fourth-order valence-corrected chi connectivity index (χ4v) is 3.96. The third kappa shape index (κ3) is 1.37. The Kier molecular flexibility index (Phi) is 2.93. The molecule has 102 valence electrons. The Labute approximate surface area is 106 Å².